The molecule has 12 unspecified atom stereocenters. The summed E-state index contributed by atoms with van der Waals surface area (Å²) in [6.07, 6.45) is 61.7. The molecule has 0 saturated carbocycles. The second-order valence-electron chi connectivity index (χ2n) is 23.9. The Morgan fingerprint density at radius 1 is 0.430 bits per heavy atom. The van der Waals surface area contributed by atoms with Crippen molar-refractivity contribution in [2.75, 3.05) is 19.8 Å². The quantitative estimate of drug-likeness (QED) is 0.0204. The lowest BCUT2D eigenvalue weighted by molar-refractivity contribution is -0.359. The minimum absolute atomic E-state index is 0.258. The van der Waals surface area contributed by atoms with Gasteiger partial charge in [0.15, 0.2) is 12.6 Å². The standard InChI is InChI=1S/C72H125NO13/c1-3-5-7-9-11-13-15-17-19-21-23-25-27-29-30-32-34-36-38-40-42-44-46-48-50-52-54-56-64(77)73-60(59-83-71-69(82)67(80)70(63(58-75)85-71)86-72-68(81)66(79)65(78)62(57-74)84-72)61(76)55-53-51-49-47-45-43-41-39-37-35-33-31-28-26-24-22-20-18-16-14-12-10-8-6-4-2/h5,7,11,13,17,19,23,25,29-30,34,36,45,47,53,55,60-63,65-72,74-76,78-82H,3-4,6,8-10,12,14-16,18,20-22,24,26-28,31-33,35,37-44,46,48-52,54,56-59H2,1-2H3,(H,73,77)/b7-5-,13-11-,19-17-,25-23-,30-29-,36-34-,47-45+,55-53+. The van der Waals surface area contributed by atoms with E-state index in [1.54, 1.807) is 6.08 Å². The Bertz CT molecular complexity index is 1810. The molecule has 0 spiro atoms. The van der Waals surface area contributed by atoms with Gasteiger partial charge in [-0.1, -0.05) is 265 Å². The average Bonchev–Trinajstić information content (AvgIpc) is 2.53. The van der Waals surface area contributed by atoms with Crippen LogP contribution in [-0.2, 0) is 23.7 Å². The molecule has 0 radical (unpaired) electrons. The molecular formula is C72H125NO13. The lowest BCUT2D eigenvalue weighted by Crippen LogP contribution is -2.65. The zero-order chi connectivity index (χ0) is 62.3. The van der Waals surface area contributed by atoms with E-state index < -0.39 is 86.8 Å². The molecule has 496 valence electrons. The van der Waals surface area contributed by atoms with Crippen LogP contribution in [0, 0.1) is 0 Å². The van der Waals surface area contributed by atoms with Crippen LogP contribution in [0.3, 0.4) is 0 Å². The SMILES string of the molecule is CC/C=C\C/C=C\C/C=C\C/C=C\C/C=C\C/C=C\CCCCCCCCCCC(=O)NC(COC1OC(CO)C(OC2OC(CO)C(O)C(O)C2O)C(O)C1O)C(O)/C=C/CC/C=C/CCCCCCCCCCCCCCCCCCCCC. The van der Waals surface area contributed by atoms with Crippen molar-refractivity contribution in [3.63, 3.8) is 0 Å². The third kappa shape index (κ3) is 39.8. The zero-order valence-corrected chi connectivity index (χ0v) is 53.8. The van der Waals surface area contributed by atoms with E-state index in [0.717, 1.165) is 83.5 Å². The van der Waals surface area contributed by atoms with E-state index in [9.17, 15) is 45.6 Å². The molecule has 2 aliphatic rings. The highest BCUT2D eigenvalue weighted by atomic mass is 16.7. The number of carbonyl (C=O) groups is 1. The van der Waals surface area contributed by atoms with Crippen LogP contribution >= 0.6 is 0 Å². The maximum Gasteiger partial charge on any atom is 0.220 e. The van der Waals surface area contributed by atoms with Gasteiger partial charge in [-0.15, -0.1) is 0 Å². The first-order valence-electron chi connectivity index (χ1n) is 34.5. The molecular weight excluding hydrogens is 1090 g/mol. The van der Waals surface area contributed by atoms with Gasteiger partial charge in [-0.3, -0.25) is 4.79 Å². The van der Waals surface area contributed by atoms with E-state index in [1.165, 1.54) is 141 Å². The maximum atomic E-state index is 13.3. The van der Waals surface area contributed by atoms with Crippen molar-refractivity contribution in [2.45, 2.75) is 331 Å². The number of rotatable bonds is 55. The number of hydrogen-bond donors (Lipinski definition) is 9. The van der Waals surface area contributed by atoms with Gasteiger partial charge in [0.25, 0.3) is 0 Å². The van der Waals surface area contributed by atoms with Crippen LogP contribution in [0.2, 0.25) is 0 Å². The van der Waals surface area contributed by atoms with Gasteiger partial charge in [0, 0.05) is 6.42 Å². The Morgan fingerprint density at radius 2 is 0.814 bits per heavy atom. The molecule has 1 amide bonds. The Labute approximate surface area is 522 Å². The smallest absolute Gasteiger partial charge is 0.220 e. The average molecular weight is 1210 g/mol. The third-order valence-corrected chi connectivity index (χ3v) is 16.3. The number of amides is 1. The topological polar surface area (TPSA) is 228 Å². The lowest BCUT2D eigenvalue weighted by atomic mass is 9.97. The van der Waals surface area contributed by atoms with Crippen molar-refractivity contribution in [3.8, 4) is 0 Å². The Kier molecular flexibility index (Phi) is 51.4. The highest BCUT2D eigenvalue weighted by Gasteiger charge is 2.51. The van der Waals surface area contributed by atoms with E-state index in [0.29, 0.717) is 12.8 Å². The van der Waals surface area contributed by atoms with Crippen molar-refractivity contribution in [1.82, 2.24) is 5.32 Å². The van der Waals surface area contributed by atoms with Crippen LogP contribution in [0.1, 0.15) is 258 Å². The zero-order valence-electron chi connectivity index (χ0n) is 53.8. The van der Waals surface area contributed by atoms with Gasteiger partial charge >= 0.3 is 0 Å². The molecule has 86 heavy (non-hydrogen) atoms. The van der Waals surface area contributed by atoms with Crippen molar-refractivity contribution < 1.29 is 64.6 Å². The summed E-state index contributed by atoms with van der Waals surface area (Å²) in [6.45, 7) is 2.68. The number of nitrogens with one attached hydrogen (secondary N) is 1. The monoisotopic (exact) mass is 1210 g/mol. The Balaban J connectivity index is 1.72. The minimum atomic E-state index is -1.80. The van der Waals surface area contributed by atoms with E-state index in [2.05, 4.69) is 104 Å². The summed E-state index contributed by atoms with van der Waals surface area (Å²) in [5, 5.41) is 87.4. The Morgan fingerprint density at radius 3 is 1.28 bits per heavy atom. The molecule has 2 aliphatic heterocycles. The summed E-state index contributed by atoms with van der Waals surface area (Å²) in [5.41, 5.74) is 0. The molecule has 2 heterocycles. The van der Waals surface area contributed by atoms with E-state index in [1.807, 2.05) is 6.08 Å². The number of ether oxygens (including phenoxy) is 4. The van der Waals surface area contributed by atoms with Crippen molar-refractivity contribution in [3.05, 3.63) is 97.2 Å². The molecule has 2 saturated heterocycles. The number of hydrogen-bond acceptors (Lipinski definition) is 13. The van der Waals surface area contributed by atoms with Gasteiger partial charge < -0.3 is 65.1 Å². The van der Waals surface area contributed by atoms with Crippen LogP contribution in [0.15, 0.2) is 97.2 Å². The number of unbranched alkanes of at least 4 members (excludes halogenated alkanes) is 28. The Hall–Kier alpha value is -3.09. The number of aliphatic hydroxyl groups excluding tert-OH is 8. The van der Waals surface area contributed by atoms with Gasteiger partial charge in [0.2, 0.25) is 5.91 Å². The summed E-state index contributed by atoms with van der Waals surface area (Å²) < 4.78 is 22.8. The molecule has 0 aliphatic carbocycles. The summed E-state index contributed by atoms with van der Waals surface area (Å²) >= 11 is 0. The minimum Gasteiger partial charge on any atom is -0.394 e. The van der Waals surface area contributed by atoms with Crippen LogP contribution in [-0.4, -0.2) is 140 Å². The fourth-order valence-corrected chi connectivity index (χ4v) is 10.8. The van der Waals surface area contributed by atoms with Crippen LogP contribution < -0.4 is 5.32 Å². The maximum absolute atomic E-state index is 13.3. The highest BCUT2D eigenvalue weighted by molar-refractivity contribution is 5.76. The predicted molar refractivity (Wildman–Crippen MR) is 350 cm³/mol. The van der Waals surface area contributed by atoms with Gasteiger partial charge in [0.05, 0.1) is 32.0 Å². The van der Waals surface area contributed by atoms with Gasteiger partial charge in [-0.25, -0.2) is 0 Å². The molecule has 0 aromatic rings. The van der Waals surface area contributed by atoms with Gasteiger partial charge in [0.1, 0.15) is 48.8 Å². The molecule has 14 heteroatoms. The molecule has 0 aromatic heterocycles. The van der Waals surface area contributed by atoms with E-state index in [-0.39, 0.29) is 18.9 Å². The largest absolute Gasteiger partial charge is 0.394 e. The second-order valence-corrected chi connectivity index (χ2v) is 23.9. The first-order chi connectivity index (χ1) is 42.1. The highest BCUT2D eigenvalue weighted by Crippen LogP contribution is 2.30. The third-order valence-electron chi connectivity index (χ3n) is 16.3. The molecule has 9 N–H and O–H groups in total. The lowest BCUT2D eigenvalue weighted by Gasteiger charge is -2.46. The van der Waals surface area contributed by atoms with Crippen LogP contribution in [0.25, 0.3) is 0 Å². The van der Waals surface area contributed by atoms with Crippen LogP contribution in [0.5, 0.6) is 0 Å². The van der Waals surface area contributed by atoms with E-state index >= 15 is 0 Å². The van der Waals surface area contributed by atoms with Gasteiger partial charge in [-0.2, -0.15) is 0 Å². The van der Waals surface area contributed by atoms with Crippen molar-refractivity contribution >= 4 is 5.91 Å². The summed E-state index contributed by atoms with van der Waals surface area (Å²) in [5.74, 6) is -0.260. The van der Waals surface area contributed by atoms with Gasteiger partial charge in [-0.05, 0) is 83.5 Å². The number of carbonyl (C=O) groups excluding carboxylic acids is 1. The van der Waals surface area contributed by atoms with Crippen LogP contribution in [0.4, 0.5) is 0 Å². The molecule has 12 atom stereocenters. The normalized spacial score (nSPS) is 24.0. The number of aliphatic hydroxyl groups is 8. The summed E-state index contributed by atoms with van der Waals surface area (Å²) in [6, 6.07) is -0.944. The molecule has 2 fully saturated rings. The summed E-state index contributed by atoms with van der Waals surface area (Å²) in [7, 11) is 0. The second kappa shape index (κ2) is 55.9. The number of allylic oxidation sites excluding steroid dienone is 15. The van der Waals surface area contributed by atoms with Crippen molar-refractivity contribution in [2.24, 2.45) is 0 Å². The first kappa shape index (κ1) is 79.0. The predicted octanol–water partition coefficient (Wildman–Crippen LogP) is 13.8. The molecule has 0 aromatic carbocycles. The first-order valence-corrected chi connectivity index (χ1v) is 34.5. The molecule has 2 rings (SSSR count). The van der Waals surface area contributed by atoms with Crippen molar-refractivity contribution in [1.29, 1.82) is 0 Å². The fourth-order valence-electron chi connectivity index (χ4n) is 10.8. The molecule has 14 nitrogen and oxygen atoms in total. The fraction of sp³-hybridized carbons (Fsp3) is 0.764. The summed E-state index contributed by atoms with van der Waals surface area (Å²) in [4.78, 5) is 13.3. The van der Waals surface area contributed by atoms with E-state index in [4.69, 9.17) is 18.9 Å². The molecule has 0 bridgehead atoms.